The van der Waals surface area contributed by atoms with E-state index in [0.29, 0.717) is 39.1 Å². The second kappa shape index (κ2) is 8.85. The number of nitrogens with one attached hydrogen (secondary N) is 1. The van der Waals surface area contributed by atoms with Gasteiger partial charge in [-0.15, -0.1) is 0 Å². The lowest BCUT2D eigenvalue weighted by Gasteiger charge is -2.38. The second-order valence-corrected chi connectivity index (χ2v) is 9.60. The van der Waals surface area contributed by atoms with Gasteiger partial charge in [0.2, 0.25) is 5.91 Å². The van der Waals surface area contributed by atoms with E-state index in [9.17, 15) is 18.0 Å². The minimum atomic E-state index is -3.40. The van der Waals surface area contributed by atoms with Gasteiger partial charge in [0.15, 0.2) is 0 Å². The zero-order valence-corrected chi connectivity index (χ0v) is 16.9. The summed E-state index contributed by atoms with van der Waals surface area (Å²) in [6.07, 6.45) is 6.03. The van der Waals surface area contributed by atoms with E-state index < -0.39 is 10.2 Å². The van der Waals surface area contributed by atoms with Crippen molar-refractivity contribution in [3.05, 3.63) is 0 Å². The molecule has 27 heavy (non-hydrogen) atoms. The van der Waals surface area contributed by atoms with Crippen LogP contribution >= 0.6 is 0 Å². The number of urea groups is 1. The molecule has 0 atom stereocenters. The molecule has 0 radical (unpaired) electrons. The maximum atomic E-state index is 12.9. The van der Waals surface area contributed by atoms with Crippen molar-refractivity contribution < 1.29 is 18.0 Å². The average Bonchev–Trinajstić information content (AvgIpc) is 3.00. The quantitative estimate of drug-likeness (QED) is 0.609. The molecule has 1 saturated carbocycles. The molecular formula is C17H31N5O4S. The van der Waals surface area contributed by atoms with Crippen LogP contribution in [0.2, 0.25) is 0 Å². The van der Waals surface area contributed by atoms with Gasteiger partial charge >= 0.3 is 6.03 Å². The van der Waals surface area contributed by atoms with E-state index in [4.69, 9.17) is 0 Å². The third-order valence-corrected chi connectivity index (χ3v) is 7.95. The Morgan fingerprint density at radius 3 is 2.30 bits per heavy atom. The maximum Gasteiger partial charge on any atom is 0.324 e. The molecule has 1 N–H and O–H groups in total. The summed E-state index contributed by atoms with van der Waals surface area (Å²) < 4.78 is 29.0. The molecule has 2 heterocycles. The Kier molecular flexibility index (Phi) is 6.72. The first kappa shape index (κ1) is 20.5. The standard InChI is InChI=1S/C17H31N5O4S/c1-19(15-6-3-2-4-7-15)27(25,26)21-12-10-20(11-13-21)8-5-9-22-16(23)14-18-17(22)24/h15H,2-14H2,1H3,(H,18,24). The Balaban J connectivity index is 1.42. The number of imide groups is 1. The molecule has 0 aromatic rings. The molecule has 3 aliphatic rings. The molecule has 0 unspecified atom stereocenters. The summed E-state index contributed by atoms with van der Waals surface area (Å²) in [4.78, 5) is 26.5. The van der Waals surface area contributed by atoms with Crippen LogP contribution in [0.5, 0.6) is 0 Å². The molecule has 0 aromatic carbocycles. The number of carbonyl (C=O) groups excluding carboxylic acids is 2. The first-order valence-corrected chi connectivity index (χ1v) is 11.3. The lowest BCUT2D eigenvalue weighted by atomic mass is 9.96. The summed E-state index contributed by atoms with van der Waals surface area (Å²) in [6.45, 7) is 3.59. The number of carbonyl (C=O) groups is 2. The van der Waals surface area contributed by atoms with Gasteiger partial charge in [0.1, 0.15) is 0 Å². The van der Waals surface area contributed by atoms with Crippen molar-refractivity contribution in [1.82, 2.24) is 23.7 Å². The van der Waals surface area contributed by atoms with Gasteiger partial charge in [0.25, 0.3) is 10.2 Å². The van der Waals surface area contributed by atoms with Crippen LogP contribution < -0.4 is 5.32 Å². The number of amides is 3. The van der Waals surface area contributed by atoms with Crippen LogP contribution in [0.4, 0.5) is 4.79 Å². The van der Waals surface area contributed by atoms with E-state index in [1.54, 1.807) is 15.7 Å². The number of piperazine rings is 1. The van der Waals surface area contributed by atoms with Crippen molar-refractivity contribution >= 4 is 22.1 Å². The minimum Gasteiger partial charge on any atom is -0.329 e. The number of hydrogen-bond acceptors (Lipinski definition) is 5. The summed E-state index contributed by atoms with van der Waals surface area (Å²) in [6, 6.07) is -0.187. The normalized spacial score (nSPS) is 24.0. The number of nitrogens with zero attached hydrogens (tertiary/aromatic N) is 4. The summed E-state index contributed by atoms with van der Waals surface area (Å²) in [5.41, 5.74) is 0. The summed E-state index contributed by atoms with van der Waals surface area (Å²) in [5.74, 6) is -0.179. The predicted molar refractivity (Wildman–Crippen MR) is 101 cm³/mol. The van der Waals surface area contributed by atoms with Crippen LogP contribution in [-0.2, 0) is 15.0 Å². The minimum absolute atomic E-state index is 0.0872. The highest BCUT2D eigenvalue weighted by Gasteiger charge is 2.34. The summed E-state index contributed by atoms with van der Waals surface area (Å²) in [7, 11) is -1.68. The highest BCUT2D eigenvalue weighted by molar-refractivity contribution is 7.86. The molecule has 3 fully saturated rings. The molecule has 10 heteroatoms. The molecular weight excluding hydrogens is 370 g/mol. The maximum absolute atomic E-state index is 12.9. The fourth-order valence-corrected chi connectivity index (χ4v) is 5.71. The van der Waals surface area contributed by atoms with Crippen LogP contribution in [0.15, 0.2) is 0 Å². The first-order valence-electron chi connectivity index (χ1n) is 9.93. The van der Waals surface area contributed by atoms with E-state index in [-0.39, 0.29) is 24.5 Å². The molecule has 154 valence electrons. The zero-order valence-electron chi connectivity index (χ0n) is 16.1. The second-order valence-electron chi connectivity index (χ2n) is 7.61. The van der Waals surface area contributed by atoms with Crippen LogP contribution in [0.25, 0.3) is 0 Å². The molecule has 1 aliphatic carbocycles. The lowest BCUT2D eigenvalue weighted by molar-refractivity contribution is -0.125. The van der Waals surface area contributed by atoms with Crippen molar-refractivity contribution in [3.8, 4) is 0 Å². The van der Waals surface area contributed by atoms with Crippen LogP contribution in [0.3, 0.4) is 0 Å². The van der Waals surface area contributed by atoms with Gasteiger partial charge in [0.05, 0.1) is 6.54 Å². The fourth-order valence-electron chi connectivity index (χ4n) is 4.13. The van der Waals surface area contributed by atoms with E-state index in [2.05, 4.69) is 10.2 Å². The van der Waals surface area contributed by atoms with Crippen molar-refractivity contribution in [2.45, 2.75) is 44.6 Å². The Morgan fingerprint density at radius 1 is 1.04 bits per heavy atom. The van der Waals surface area contributed by atoms with Crippen LogP contribution in [0.1, 0.15) is 38.5 Å². The predicted octanol–water partition coefficient (Wildman–Crippen LogP) is 0.0552. The van der Waals surface area contributed by atoms with Gasteiger partial charge in [-0.1, -0.05) is 19.3 Å². The van der Waals surface area contributed by atoms with Crippen LogP contribution in [-0.4, -0.2) is 97.7 Å². The van der Waals surface area contributed by atoms with Crippen molar-refractivity contribution in [1.29, 1.82) is 0 Å². The van der Waals surface area contributed by atoms with Gasteiger partial charge in [-0.2, -0.15) is 17.0 Å². The molecule has 2 aliphatic heterocycles. The largest absolute Gasteiger partial charge is 0.329 e. The molecule has 2 saturated heterocycles. The third kappa shape index (κ3) is 4.79. The highest BCUT2D eigenvalue weighted by Crippen LogP contribution is 2.25. The number of rotatable bonds is 7. The molecule has 9 nitrogen and oxygen atoms in total. The van der Waals surface area contributed by atoms with Gasteiger partial charge in [0, 0.05) is 45.8 Å². The number of hydrogen-bond donors (Lipinski definition) is 1. The smallest absolute Gasteiger partial charge is 0.324 e. The lowest BCUT2D eigenvalue weighted by Crippen LogP contribution is -2.54. The van der Waals surface area contributed by atoms with Gasteiger partial charge in [-0.25, -0.2) is 4.79 Å². The Bertz CT molecular complexity index is 626. The Morgan fingerprint density at radius 2 is 1.70 bits per heavy atom. The molecule has 0 spiro atoms. The van der Waals surface area contributed by atoms with Gasteiger partial charge in [-0.3, -0.25) is 9.69 Å². The summed E-state index contributed by atoms with van der Waals surface area (Å²) in [5, 5.41) is 2.51. The molecule has 0 bridgehead atoms. The topological polar surface area (TPSA) is 93.3 Å². The average molecular weight is 402 g/mol. The van der Waals surface area contributed by atoms with E-state index in [0.717, 1.165) is 32.2 Å². The van der Waals surface area contributed by atoms with E-state index >= 15 is 0 Å². The Hall–Kier alpha value is -1.23. The zero-order chi connectivity index (χ0) is 19.4. The van der Waals surface area contributed by atoms with E-state index in [1.165, 1.54) is 11.3 Å². The van der Waals surface area contributed by atoms with Crippen molar-refractivity contribution in [3.63, 3.8) is 0 Å². The van der Waals surface area contributed by atoms with Gasteiger partial charge < -0.3 is 10.2 Å². The molecule has 3 rings (SSSR count). The van der Waals surface area contributed by atoms with Crippen molar-refractivity contribution in [2.24, 2.45) is 0 Å². The molecule has 0 aromatic heterocycles. The monoisotopic (exact) mass is 401 g/mol. The van der Waals surface area contributed by atoms with E-state index in [1.807, 2.05) is 0 Å². The Labute approximate surface area is 161 Å². The van der Waals surface area contributed by atoms with Gasteiger partial charge in [-0.05, 0) is 25.8 Å². The third-order valence-electron chi connectivity index (χ3n) is 5.90. The highest BCUT2D eigenvalue weighted by atomic mass is 32.2. The van der Waals surface area contributed by atoms with Crippen LogP contribution in [0, 0.1) is 0 Å². The SMILES string of the molecule is CN(C1CCCCC1)S(=O)(=O)N1CCN(CCCN2C(=O)CNC2=O)CC1. The van der Waals surface area contributed by atoms with Crippen molar-refractivity contribution in [2.75, 3.05) is 52.9 Å². The molecule has 3 amide bonds. The first-order chi connectivity index (χ1) is 12.9. The summed E-state index contributed by atoms with van der Waals surface area (Å²) >= 11 is 0. The fraction of sp³-hybridized carbons (Fsp3) is 0.882.